The van der Waals surface area contributed by atoms with Crippen LogP contribution in [-0.4, -0.2) is 9.97 Å². The lowest BCUT2D eigenvalue weighted by Crippen LogP contribution is -1.77. The summed E-state index contributed by atoms with van der Waals surface area (Å²) in [6, 6.07) is 5.65. The minimum absolute atomic E-state index is 0.659. The predicted octanol–water partition coefficient (Wildman–Crippen LogP) is 3.02. The van der Waals surface area contributed by atoms with Crippen molar-refractivity contribution in [2.24, 2.45) is 0 Å². The summed E-state index contributed by atoms with van der Waals surface area (Å²) in [5.41, 5.74) is 2.00. The number of H-pyrrole nitrogens is 1. The predicted molar refractivity (Wildman–Crippen MR) is 56.3 cm³/mol. The zero-order valence-electron chi connectivity index (χ0n) is 6.66. The van der Waals surface area contributed by atoms with Gasteiger partial charge >= 0.3 is 0 Å². The summed E-state index contributed by atoms with van der Waals surface area (Å²) in [5.74, 6) is 0. The van der Waals surface area contributed by atoms with Crippen LogP contribution in [0.25, 0.3) is 11.3 Å². The number of aromatic nitrogens is 2. The highest BCUT2D eigenvalue weighted by Crippen LogP contribution is 2.25. The van der Waals surface area contributed by atoms with Crippen molar-refractivity contribution >= 4 is 24.2 Å². The molecule has 0 atom stereocenters. The second kappa shape index (κ2) is 3.44. The highest BCUT2D eigenvalue weighted by Gasteiger charge is 2.01. The Bertz CT molecular complexity index is 412. The third-order valence-corrected chi connectivity index (χ3v) is 2.59. The van der Waals surface area contributed by atoms with Crippen LogP contribution in [0.4, 0.5) is 0 Å². The van der Waals surface area contributed by atoms with Gasteiger partial charge in [-0.25, -0.2) is 4.98 Å². The Balaban J connectivity index is 2.49. The molecule has 0 unspecified atom stereocenters. The summed E-state index contributed by atoms with van der Waals surface area (Å²) in [6.07, 6.45) is 3.40. The number of imidazole rings is 1. The molecular weight excluding hydrogens is 204 g/mol. The van der Waals surface area contributed by atoms with E-state index in [0.717, 1.165) is 16.2 Å². The Morgan fingerprint density at radius 1 is 1.38 bits per heavy atom. The van der Waals surface area contributed by atoms with Gasteiger partial charge in [-0.05, 0) is 12.1 Å². The van der Waals surface area contributed by atoms with Crippen molar-refractivity contribution in [3.63, 3.8) is 0 Å². The summed E-state index contributed by atoms with van der Waals surface area (Å²) < 4.78 is 0. The molecule has 1 N–H and O–H groups in total. The largest absolute Gasteiger partial charge is 0.345 e. The first-order valence-electron chi connectivity index (χ1n) is 3.74. The van der Waals surface area contributed by atoms with E-state index in [0.29, 0.717) is 5.02 Å². The Morgan fingerprint density at radius 3 is 2.85 bits per heavy atom. The molecule has 0 amide bonds. The molecule has 2 aromatic rings. The smallest absolute Gasteiger partial charge is 0.0924 e. The van der Waals surface area contributed by atoms with E-state index in [-0.39, 0.29) is 0 Å². The molecule has 66 valence electrons. The number of nitrogens with zero attached hydrogens (tertiary/aromatic N) is 1. The number of nitrogens with one attached hydrogen (secondary N) is 1. The second-order valence-electron chi connectivity index (χ2n) is 2.63. The number of halogens is 1. The molecule has 0 saturated carbocycles. The van der Waals surface area contributed by atoms with Gasteiger partial charge in [0.15, 0.2) is 0 Å². The van der Waals surface area contributed by atoms with Crippen LogP contribution in [0.3, 0.4) is 0 Å². The number of rotatable bonds is 1. The average Bonchev–Trinajstić information content (AvgIpc) is 2.62. The van der Waals surface area contributed by atoms with Crippen molar-refractivity contribution in [2.45, 2.75) is 4.90 Å². The van der Waals surface area contributed by atoms with E-state index in [9.17, 15) is 0 Å². The first kappa shape index (κ1) is 8.66. The van der Waals surface area contributed by atoms with Crippen LogP contribution in [0, 0.1) is 0 Å². The molecule has 0 spiro atoms. The Kier molecular flexibility index (Phi) is 2.29. The van der Waals surface area contributed by atoms with Crippen LogP contribution in [0.5, 0.6) is 0 Å². The molecule has 2 rings (SSSR count). The zero-order valence-corrected chi connectivity index (χ0v) is 8.31. The van der Waals surface area contributed by atoms with Crippen LogP contribution in [-0.2, 0) is 0 Å². The number of benzene rings is 1. The van der Waals surface area contributed by atoms with Gasteiger partial charge in [0, 0.05) is 10.5 Å². The van der Waals surface area contributed by atoms with Crippen LogP contribution < -0.4 is 0 Å². The van der Waals surface area contributed by atoms with Gasteiger partial charge in [-0.2, -0.15) is 0 Å². The number of hydrogen-bond acceptors (Lipinski definition) is 2. The van der Waals surface area contributed by atoms with Gasteiger partial charge in [0.1, 0.15) is 0 Å². The summed E-state index contributed by atoms with van der Waals surface area (Å²) in [4.78, 5) is 7.72. The van der Waals surface area contributed by atoms with Crippen molar-refractivity contribution in [1.82, 2.24) is 9.97 Å². The van der Waals surface area contributed by atoms with Gasteiger partial charge in [0.2, 0.25) is 0 Å². The van der Waals surface area contributed by atoms with Gasteiger partial charge < -0.3 is 4.98 Å². The molecule has 0 saturated heterocycles. The van der Waals surface area contributed by atoms with E-state index in [2.05, 4.69) is 22.6 Å². The SMILES string of the molecule is Sc1cc(-c2cnc[nH]2)ccc1Cl. The number of thiol groups is 1. The van der Waals surface area contributed by atoms with Crippen LogP contribution in [0.1, 0.15) is 0 Å². The third kappa shape index (κ3) is 1.71. The highest BCUT2D eigenvalue weighted by molar-refractivity contribution is 7.80. The zero-order chi connectivity index (χ0) is 9.26. The maximum Gasteiger partial charge on any atom is 0.0924 e. The number of hydrogen-bond donors (Lipinski definition) is 2. The van der Waals surface area contributed by atoms with E-state index in [4.69, 9.17) is 11.6 Å². The summed E-state index contributed by atoms with van der Waals surface area (Å²) in [6.45, 7) is 0. The molecule has 1 heterocycles. The van der Waals surface area contributed by atoms with E-state index in [1.165, 1.54) is 0 Å². The fourth-order valence-electron chi connectivity index (χ4n) is 1.09. The van der Waals surface area contributed by atoms with E-state index in [1.807, 2.05) is 18.2 Å². The lowest BCUT2D eigenvalue weighted by molar-refractivity contribution is 1.31. The van der Waals surface area contributed by atoms with Crippen molar-refractivity contribution < 1.29 is 0 Å². The molecule has 1 aromatic heterocycles. The van der Waals surface area contributed by atoms with Crippen LogP contribution >= 0.6 is 24.2 Å². The monoisotopic (exact) mass is 210 g/mol. The fourth-order valence-corrected chi connectivity index (χ4v) is 1.43. The normalized spacial score (nSPS) is 10.3. The molecule has 0 bridgehead atoms. The van der Waals surface area contributed by atoms with E-state index >= 15 is 0 Å². The lowest BCUT2D eigenvalue weighted by Gasteiger charge is -2.00. The van der Waals surface area contributed by atoms with E-state index in [1.54, 1.807) is 12.5 Å². The minimum Gasteiger partial charge on any atom is -0.345 e. The van der Waals surface area contributed by atoms with Gasteiger partial charge in [-0.1, -0.05) is 17.7 Å². The maximum absolute atomic E-state index is 5.84. The number of aromatic amines is 1. The third-order valence-electron chi connectivity index (χ3n) is 1.76. The van der Waals surface area contributed by atoms with Crippen LogP contribution in [0.15, 0.2) is 35.6 Å². The summed E-state index contributed by atoms with van der Waals surface area (Å²) >= 11 is 10.1. The van der Waals surface area contributed by atoms with Gasteiger partial charge in [-0.15, -0.1) is 12.6 Å². The molecule has 13 heavy (non-hydrogen) atoms. The second-order valence-corrected chi connectivity index (χ2v) is 3.52. The first-order valence-corrected chi connectivity index (χ1v) is 4.57. The van der Waals surface area contributed by atoms with Gasteiger partial charge in [0.25, 0.3) is 0 Å². The molecule has 1 aromatic carbocycles. The molecular formula is C9H7ClN2S. The van der Waals surface area contributed by atoms with Gasteiger partial charge in [0.05, 0.1) is 23.2 Å². The van der Waals surface area contributed by atoms with Crippen molar-refractivity contribution in [1.29, 1.82) is 0 Å². The van der Waals surface area contributed by atoms with Crippen LogP contribution in [0.2, 0.25) is 5.02 Å². The Labute approximate surface area is 86.4 Å². The summed E-state index contributed by atoms with van der Waals surface area (Å²) in [5, 5.41) is 0.659. The van der Waals surface area contributed by atoms with E-state index < -0.39 is 0 Å². The molecule has 0 fully saturated rings. The fraction of sp³-hybridized carbons (Fsp3) is 0. The minimum atomic E-state index is 0.659. The molecule has 0 aliphatic heterocycles. The molecule has 4 heteroatoms. The van der Waals surface area contributed by atoms with Crippen molar-refractivity contribution in [3.8, 4) is 11.3 Å². The lowest BCUT2D eigenvalue weighted by atomic mass is 10.2. The van der Waals surface area contributed by atoms with Gasteiger partial charge in [-0.3, -0.25) is 0 Å². The molecule has 0 radical (unpaired) electrons. The first-order chi connectivity index (χ1) is 6.27. The Hall–Kier alpha value is -0.930. The molecule has 0 aliphatic carbocycles. The standard InChI is InChI=1S/C9H7ClN2S/c10-7-2-1-6(3-9(7)13)8-4-11-5-12-8/h1-5,13H,(H,11,12). The topological polar surface area (TPSA) is 28.7 Å². The molecule has 2 nitrogen and oxygen atoms in total. The quantitative estimate of drug-likeness (QED) is 0.696. The van der Waals surface area contributed by atoms with Crippen molar-refractivity contribution in [2.75, 3.05) is 0 Å². The maximum atomic E-state index is 5.84. The average molecular weight is 211 g/mol. The van der Waals surface area contributed by atoms with Crippen molar-refractivity contribution in [3.05, 3.63) is 35.7 Å². The highest BCUT2D eigenvalue weighted by atomic mass is 35.5. The summed E-state index contributed by atoms with van der Waals surface area (Å²) in [7, 11) is 0. The molecule has 0 aliphatic rings. The Morgan fingerprint density at radius 2 is 2.23 bits per heavy atom.